The molecule has 0 aliphatic rings. The molecule has 0 bridgehead atoms. The predicted octanol–water partition coefficient (Wildman–Crippen LogP) is 6.29. The van der Waals surface area contributed by atoms with Crippen molar-refractivity contribution in [3.05, 3.63) is 59.2 Å². The summed E-state index contributed by atoms with van der Waals surface area (Å²) in [5.74, 6) is 0. The van der Waals surface area contributed by atoms with Crippen molar-refractivity contribution in [2.24, 2.45) is 0 Å². The molecule has 0 nitrogen and oxygen atoms in total. The van der Waals surface area contributed by atoms with Gasteiger partial charge in [-0.2, -0.15) is 26.3 Å². The van der Waals surface area contributed by atoms with Gasteiger partial charge in [0.05, 0.1) is 11.1 Å². The van der Waals surface area contributed by atoms with Gasteiger partial charge in [-0.05, 0) is 34.9 Å². The molecule has 0 N–H and O–H groups in total. The first-order chi connectivity index (χ1) is 10.1. The molecule has 2 rings (SSSR count). The molecule has 118 valence electrons. The van der Waals surface area contributed by atoms with E-state index in [1.807, 2.05) is 0 Å². The minimum absolute atomic E-state index is 0.0123. The fourth-order valence-electron chi connectivity index (χ4n) is 2.11. The third-order valence-corrected chi connectivity index (χ3v) is 3.70. The van der Waals surface area contributed by atoms with Crippen molar-refractivity contribution in [1.29, 1.82) is 0 Å². The van der Waals surface area contributed by atoms with Crippen LogP contribution in [0.4, 0.5) is 26.3 Å². The Balaban J connectivity index is 2.64. The van der Waals surface area contributed by atoms with Crippen molar-refractivity contribution in [2.75, 3.05) is 0 Å². The predicted molar refractivity (Wildman–Crippen MR) is 74.5 cm³/mol. The third kappa shape index (κ3) is 3.45. The number of hydrogen-bond donors (Lipinski definition) is 0. The van der Waals surface area contributed by atoms with Crippen LogP contribution in [0.3, 0.4) is 0 Å². The first kappa shape index (κ1) is 16.9. The van der Waals surface area contributed by atoms with Gasteiger partial charge in [-0.3, -0.25) is 0 Å². The van der Waals surface area contributed by atoms with Crippen LogP contribution in [-0.2, 0) is 17.7 Å². The molecule has 0 aliphatic heterocycles. The molecule has 2 aromatic carbocycles. The van der Waals surface area contributed by atoms with Gasteiger partial charge in [0.1, 0.15) is 0 Å². The lowest BCUT2D eigenvalue weighted by atomic mass is 9.94. The van der Waals surface area contributed by atoms with Crippen molar-refractivity contribution in [3.63, 3.8) is 0 Å². The topological polar surface area (TPSA) is 0 Å². The standard InChI is InChI=1S/C15H9BrF6/c16-8-9-7-10(14(17,18)19)5-6-11(9)12-3-1-2-4-13(12)15(20,21)22/h1-7H,8H2. The molecule has 0 spiro atoms. The monoisotopic (exact) mass is 382 g/mol. The van der Waals surface area contributed by atoms with Gasteiger partial charge in [-0.25, -0.2) is 0 Å². The Hall–Kier alpha value is -1.50. The minimum atomic E-state index is -4.58. The van der Waals surface area contributed by atoms with Crippen LogP contribution in [0.25, 0.3) is 11.1 Å². The van der Waals surface area contributed by atoms with E-state index < -0.39 is 23.5 Å². The molecule has 2 aromatic rings. The van der Waals surface area contributed by atoms with Crippen LogP contribution in [0.15, 0.2) is 42.5 Å². The molecule has 0 atom stereocenters. The van der Waals surface area contributed by atoms with Crippen LogP contribution >= 0.6 is 15.9 Å². The molecule has 0 saturated heterocycles. The summed E-state index contributed by atoms with van der Waals surface area (Å²) in [6.07, 6.45) is -9.12. The Bertz CT molecular complexity index is 672. The molecular formula is C15H9BrF6. The average Bonchev–Trinajstić information content (AvgIpc) is 2.44. The molecule has 7 heteroatoms. The summed E-state index contributed by atoms with van der Waals surface area (Å²) in [6.45, 7) is 0. The van der Waals surface area contributed by atoms with Crippen LogP contribution in [0.5, 0.6) is 0 Å². The Kier molecular flexibility index (Phi) is 4.56. The third-order valence-electron chi connectivity index (χ3n) is 3.10. The summed E-state index contributed by atoms with van der Waals surface area (Å²) in [6, 6.07) is 7.53. The van der Waals surface area contributed by atoms with Crippen LogP contribution in [-0.4, -0.2) is 0 Å². The lowest BCUT2D eigenvalue weighted by Crippen LogP contribution is -2.09. The SMILES string of the molecule is FC(F)(F)c1ccc(-c2ccccc2C(F)(F)F)c(CBr)c1. The summed E-state index contributed by atoms with van der Waals surface area (Å²) >= 11 is 3.03. The van der Waals surface area contributed by atoms with Gasteiger partial charge in [0, 0.05) is 5.33 Å². The van der Waals surface area contributed by atoms with E-state index in [-0.39, 0.29) is 22.0 Å². The van der Waals surface area contributed by atoms with Gasteiger partial charge in [0.15, 0.2) is 0 Å². The van der Waals surface area contributed by atoms with E-state index >= 15 is 0 Å². The van der Waals surface area contributed by atoms with Crippen molar-refractivity contribution in [2.45, 2.75) is 17.7 Å². The zero-order chi connectivity index (χ0) is 16.5. The van der Waals surface area contributed by atoms with Gasteiger partial charge >= 0.3 is 12.4 Å². The normalized spacial score (nSPS) is 12.5. The zero-order valence-corrected chi connectivity index (χ0v) is 12.5. The van der Waals surface area contributed by atoms with Crippen molar-refractivity contribution >= 4 is 15.9 Å². The zero-order valence-electron chi connectivity index (χ0n) is 10.9. The van der Waals surface area contributed by atoms with E-state index in [0.29, 0.717) is 0 Å². The molecule has 0 amide bonds. The largest absolute Gasteiger partial charge is 0.417 e. The first-order valence-electron chi connectivity index (χ1n) is 6.07. The molecule has 0 radical (unpaired) electrons. The quantitative estimate of drug-likeness (QED) is 0.423. The highest BCUT2D eigenvalue weighted by Crippen LogP contribution is 2.40. The van der Waals surface area contributed by atoms with E-state index in [9.17, 15) is 26.3 Å². The van der Waals surface area contributed by atoms with Crippen LogP contribution in [0.2, 0.25) is 0 Å². The Morgan fingerprint density at radius 1 is 0.773 bits per heavy atom. The van der Waals surface area contributed by atoms with Crippen molar-refractivity contribution < 1.29 is 26.3 Å². The number of rotatable bonds is 2. The van der Waals surface area contributed by atoms with Gasteiger partial charge in [-0.1, -0.05) is 40.2 Å². The van der Waals surface area contributed by atoms with E-state index in [0.717, 1.165) is 24.3 Å². The molecule has 22 heavy (non-hydrogen) atoms. The van der Waals surface area contributed by atoms with Crippen molar-refractivity contribution in [1.82, 2.24) is 0 Å². The van der Waals surface area contributed by atoms with Gasteiger partial charge < -0.3 is 0 Å². The molecule has 0 aliphatic carbocycles. The highest BCUT2D eigenvalue weighted by Gasteiger charge is 2.35. The van der Waals surface area contributed by atoms with Crippen molar-refractivity contribution in [3.8, 4) is 11.1 Å². The lowest BCUT2D eigenvalue weighted by molar-refractivity contribution is -0.138. The molecule has 0 fully saturated rings. The number of hydrogen-bond acceptors (Lipinski definition) is 0. The van der Waals surface area contributed by atoms with Gasteiger partial charge in [0.25, 0.3) is 0 Å². The number of benzene rings is 2. The van der Waals surface area contributed by atoms with E-state index in [1.54, 1.807) is 0 Å². The summed E-state index contributed by atoms with van der Waals surface area (Å²) in [4.78, 5) is 0. The fourth-order valence-corrected chi connectivity index (χ4v) is 2.57. The highest BCUT2D eigenvalue weighted by atomic mass is 79.9. The Morgan fingerprint density at radius 2 is 1.41 bits per heavy atom. The smallest absolute Gasteiger partial charge is 0.166 e. The van der Waals surface area contributed by atoms with Crippen LogP contribution in [0, 0.1) is 0 Å². The van der Waals surface area contributed by atoms with Gasteiger partial charge in [0.2, 0.25) is 0 Å². The van der Waals surface area contributed by atoms with E-state index in [2.05, 4.69) is 15.9 Å². The molecule has 0 aromatic heterocycles. The maximum atomic E-state index is 13.0. The second kappa shape index (κ2) is 5.95. The summed E-state index contributed by atoms with van der Waals surface area (Å²) in [5.41, 5.74) is -1.64. The second-order valence-electron chi connectivity index (χ2n) is 4.55. The van der Waals surface area contributed by atoms with E-state index in [4.69, 9.17) is 0 Å². The molecule has 0 saturated carbocycles. The molecule has 0 heterocycles. The summed E-state index contributed by atoms with van der Waals surface area (Å²) in [5, 5.41) is 0.0123. The summed E-state index contributed by atoms with van der Waals surface area (Å²) < 4.78 is 77.3. The number of alkyl halides is 7. The van der Waals surface area contributed by atoms with E-state index in [1.165, 1.54) is 18.2 Å². The maximum Gasteiger partial charge on any atom is 0.417 e. The van der Waals surface area contributed by atoms with Gasteiger partial charge in [-0.15, -0.1) is 0 Å². The molecular weight excluding hydrogens is 374 g/mol. The Morgan fingerprint density at radius 3 is 1.95 bits per heavy atom. The minimum Gasteiger partial charge on any atom is -0.166 e. The maximum absolute atomic E-state index is 13.0. The van der Waals surface area contributed by atoms with Crippen LogP contribution < -0.4 is 0 Å². The second-order valence-corrected chi connectivity index (χ2v) is 5.11. The lowest BCUT2D eigenvalue weighted by Gasteiger charge is -2.16. The highest BCUT2D eigenvalue weighted by molar-refractivity contribution is 9.08. The Labute approximate surface area is 130 Å². The molecule has 0 unspecified atom stereocenters. The average molecular weight is 383 g/mol. The summed E-state index contributed by atoms with van der Waals surface area (Å²) in [7, 11) is 0. The first-order valence-corrected chi connectivity index (χ1v) is 7.19. The fraction of sp³-hybridized carbons (Fsp3) is 0.200. The van der Waals surface area contributed by atoms with Crippen LogP contribution in [0.1, 0.15) is 16.7 Å². The number of halogens is 7.